The molecular weight excluding hydrogens is 148 g/mol. The highest BCUT2D eigenvalue weighted by molar-refractivity contribution is 4.82. The van der Waals surface area contributed by atoms with Gasteiger partial charge in [0.15, 0.2) is 0 Å². The van der Waals surface area contributed by atoms with Crippen molar-refractivity contribution in [2.45, 2.75) is 39.3 Å². The summed E-state index contributed by atoms with van der Waals surface area (Å²) < 4.78 is 0. The molecule has 0 bridgehead atoms. The number of rotatable bonds is 3. The number of hydrogen-bond donors (Lipinski definition) is 0. The van der Waals surface area contributed by atoms with Gasteiger partial charge in [0.05, 0.1) is 0 Å². The molecule has 1 heterocycles. The van der Waals surface area contributed by atoms with Gasteiger partial charge in [0.2, 0.25) is 0 Å². The van der Waals surface area contributed by atoms with Gasteiger partial charge in [0.25, 0.3) is 0 Å². The number of hydrogen-bond acceptors (Lipinski definition) is 2. The molecule has 0 spiro atoms. The van der Waals surface area contributed by atoms with E-state index in [4.69, 9.17) is 0 Å². The Morgan fingerprint density at radius 2 is 2.17 bits per heavy atom. The highest BCUT2D eigenvalue weighted by atomic mass is 15.2. The van der Waals surface area contributed by atoms with Gasteiger partial charge >= 0.3 is 0 Å². The fourth-order valence-corrected chi connectivity index (χ4v) is 2.23. The van der Waals surface area contributed by atoms with E-state index in [0.717, 1.165) is 6.04 Å². The average molecular weight is 170 g/mol. The summed E-state index contributed by atoms with van der Waals surface area (Å²) in [5.74, 6) is 0. The van der Waals surface area contributed by atoms with Crippen LogP contribution in [0, 0.1) is 0 Å². The minimum Gasteiger partial charge on any atom is -0.305 e. The van der Waals surface area contributed by atoms with Crippen LogP contribution in [0.3, 0.4) is 0 Å². The van der Waals surface area contributed by atoms with Gasteiger partial charge in [0, 0.05) is 18.6 Å². The second kappa shape index (κ2) is 4.24. The van der Waals surface area contributed by atoms with Crippen molar-refractivity contribution in [3.8, 4) is 0 Å². The maximum Gasteiger partial charge on any atom is 0.0237 e. The second-order valence-electron chi connectivity index (χ2n) is 4.13. The monoisotopic (exact) mass is 170 g/mol. The normalized spacial score (nSPS) is 26.0. The van der Waals surface area contributed by atoms with Crippen LogP contribution in [0.15, 0.2) is 0 Å². The Morgan fingerprint density at radius 1 is 1.50 bits per heavy atom. The Balaban J connectivity index is 2.44. The Labute approximate surface area is 76.5 Å². The predicted octanol–water partition coefficient (Wildman–Crippen LogP) is 1.42. The van der Waals surface area contributed by atoms with Gasteiger partial charge in [-0.25, -0.2) is 0 Å². The zero-order valence-corrected chi connectivity index (χ0v) is 8.88. The number of likely N-dealkylation sites (tertiary alicyclic amines) is 1. The SMILES string of the molecule is CCN(C(C)C)C1CCN(C)C1. The van der Waals surface area contributed by atoms with Crippen LogP contribution in [0.5, 0.6) is 0 Å². The zero-order chi connectivity index (χ0) is 9.14. The van der Waals surface area contributed by atoms with Crippen molar-refractivity contribution in [1.82, 2.24) is 9.80 Å². The molecule has 1 aliphatic heterocycles. The van der Waals surface area contributed by atoms with Crippen LogP contribution in [-0.4, -0.2) is 48.6 Å². The highest BCUT2D eigenvalue weighted by Crippen LogP contribution is 2.15. The topological polar surface area (TPSA) is 6.48 Å². The fourth-order valence-electron chi connectivity index (χ4n) is 2.23. The maximum absolute atomic E-state index is 2.60. The van der Waals surface area contributed by atoms with E-state index < -0.39 is 0 Å². The van der Waals surface area contributed by atoms with Crippen molar-refractivity contribution >= 4 is 0 Å². The van der Waals surface area contributed by atoms with Crippen LogP contribution in [0.4, 0.5) is 0 Å². The van der Waals surface area contributed by atoms with Crippen LogP contribution >= 0.6 is 0 Å². The summed E-state index contributed by atoms with van der Waals surface area (Å²) in [5, 5.41) is 0. The van der Waals surface area contributed by atoms with Gasteiger partial charge < -0.3 is 4.90 Å². The van der Waals surface area contributed by atoms with Crippen molar-refractivity contribution in [2.75, 3.05) is 26.7 Å². The molecular formula is C10H22N2. The first-order chi connectivity index (χ1) is 5.65. The lowest BCUT2D eigenvalue weighted by molar-refractivity contribution is 0.165. The van der Waals surface area contributed by atoms with E-state index in [0.29, 0.717) is 6.04 Å². The summed E-state index contributed by atoms with van der Waals surface area (Å²) >= 11 is 0. The lowest BCUT2D eigenvalue weighted by Crippen LogP contribution is -2.41. The highest BCUT2D eigenvalue weighted by Gasteiger charge is 2.25. The average Bonchev–Trinajstić information content (AvgIpc) is 2.37. The summed E-state index contributed by atoms with van der Waals surface area (Å²) in [5.41, 5.74) is 0. The second-order valence-corrected chi connectivity index (χ2v) is 4.13. The summed E-state index contributed by atoms with van der Waals surface area (Å²) in [6, 6.07) is 1.51. The van der Waals surface area contributed by atoms with Gasteiger partial charge in [-0.15, -0.1) is 0 Å². The fraction of sp³-hybridized carbons (Fsp3) is 1.00. The van der Waals surface area contributed by atoms with Gasteiger partial charge in [-0.1, -0.05) is 6.92 Å². The standard InChI is InChI=1S/C10H22N2/c1-5-12(9(2)3)10-6-7-11(4)8-10/h9-10H,5-8H2,1-4H3. The summed E-state index contributed by atoms with van der Waals surface area (Å²) in [6.45, 7) is 10.6. The molecule has 0 aliphatic carbocycles. The predicted molar refractivity (Wildman–Crippen MR) is 53.4 cm³/mol. The van der Waals surface area contributed by atoms with Gasteiger partial charge in [0.1, 0.15) is 0 Å². The van der Waals surface area contributed by atoms with Crippen molar-refractivity contribution in [3.05, 3.63) is 0 Å². The first-order valence-corrected chi connectivity index (χ1v) is 5.09. The summed E-state index contributed by atoms with van der Waals surface area (Å²) in [4.78, 5) is 5.03. The van der Waals surface area contributed by atoms with Crippen molar-refractivity contribution in [2.24, 2.45) is 0 Å². The van der Waals surface area contributed by atoms with E-state index in [1.807, 2.05) is 0 Å². The minimum atomic E-state index is 0.700. The third-order valence-corrected chi connectivity index (χ3v) is 2.86. The first-order valence-electron chi connectivity index (χ1n) is 5.09. The van der Waals surface area contributed by atoms with E-state index >= 15 is 0 Å². The maximum atomic E-state index is 2.60. The molecule has 0 amide bonds. The molecule has 0 aromatic rings. The molecule has 0 N–H and O–H groups in total. The first kappa shape index (κ1) is 10.0. The third kappa shape index (κ3) is 2.20. The smallest absolute Gasteiger partial charge is 0.0237 e. The van der Waals surface area contributed by atoms with Crippen LogP contribution < -0.4 is 0 Å². The third-order valence-electron chi connectivity index (χ3n) is 2.86. The molecule has 1 rings (SSSR count). The molecule has 12 heavy (non-hydrogen) atoms. The van der Waals surface area contributed by atoms with Crippen LogP contribution in [0.25, 0.3) is 0 Å². The van der Waals surface area contributed by atoms with E-state index in [-0.39, 0.29) is 0 Å². The summed E-state index contributed by atoms with van der Waals surface area (Å²) in [7, 11) is 2.22. The van der Waals surface area contributed by atoms with Gasteiger partial charge in [-0.3, -0.25) is 4.90 Å². The quantitative estimate of drug-likeness (QED) is 0.632. The molecule has 0 saturated carbocycles. The molecule has 1 atom stereocenters. The minimum absolute atomic E-state index is 0.700. The Morgan fingerprint density at radius 3 is 2.50 bits per heavy atom. The molecule has 1 saturated heterocycles. The molecule has 1 unspecified atom stereocenters. The van der Waals surface area contributed by atoms with Crippen LogP contribution in [-0.2, 0) is 0 Å². The van der Waals surface area contributed by atoms with Gasteiger partial charge in [-0.2, -0.15) is 0 Å². The largest absolute Gasteiger partial charge is 0.305 e. The van der Waals surface area contributed by atoms with Gasteiger partial charge in [-0.05, 0) is 40.4 Å². The lowest BCUT2D eigenvalue weighted by atomic mass is 10.2. The molecule has 2 heteroatoms. The molecule has 0 radical (unpaired) electrons. The molecule has 1 aliphatic rings. The van der Waals surface area contributed by atoms with Crippen molar-refractivity contribution < 1.29 is 0 Å². The molecule has 72 valence electrons. The molecule has 1 fully saturated rings. The Kier molecular flexibility index (Phi) is 3.53. The van der Waals surface area contributed by atoms with E-state index in [1.54, 1.807) is 0 Å². The zero-order valence-electron chi connectivity index (χ0n) is 8.88. The van der Waals surface area contributed by atoms with Crippen molar-refractivity contribution in [3.63, 3.8) is 0 Å². The lowest BCUT2D eigenvalue weighted by Gasteiger charge is -2.31. The number of nitrogens with zero attached hydrogens (tertiary/aromatic N) is 2. The Bertz CT molecular complexity index is 134. The van der Waals surface area contributed by atoms with Crippen LogP contribution in [0.1, 0.15) is 27.2 Å². The molecule has 0 aromatic heterocycles. The van der Waals surface area contributed by atoms with E-state index in [1.165, 1.54) is 26.1 Å². The van der Waals surface area contributed by atoms with Crippen molar-refractivity contribution in [1.29, 1.82) is 0 Å². The summed E-state index contributed by atoms with van der Waals surface area (Å²) in [6.07, 6.45) is 1.35. The Hall–Kier alpha value is -0.0800. The molecule has 2 nitrogen and oxygen atoms in total. The number of likely N-dealkylation sites (N-methyl/N-ethyl adjacent to an activating group) is 2. The van der Waals surface area contributed by atoms with Crippen LogP contribution in [0.2, 0.25) is 0 Å². The molecule has 0 aromatic carbocycles. The van der Waals surface area contributed by atoms with E-state index in [2.05, 4.69) is 37.6 Å². The van der Waals surface area contributed by atoms with E-state index in [9.17, 15) is 0 Å².